The lowest BCUT2D eigenvalue weighted by Crippen LogP contribution is -1.98. The van der Waals surface area contributed by atoms with Gasteiger partial charge in [0.1, 0.15) is 5.82 Å². The minimum atomic E-state index is 0.620. The number of nitrogens with zero attached hydrogens (tertiary/aromatic N) is 2. The summed E-state index contributed by atoms with van der Waals surface area (Å²) in [4.78, 5) is 8.50. The van der Waals surface area contributed by atoms with E-state index in [0.717, 1.165) is 23.6 Å². The zero-order valence-corrected chi connectivity index (χ0v) is 7.73. The van der Waals surface area contributed by atoms with Gasteiger partial charge in [-0.1, -0.05) is 6.92 Å². The van der Waals surface area contributed by atoms with Crippen molar-refractivity contribution in [1.29, 1.82) is 0 Å². The van der Waals surface area contributed by atoms with Gasteiger partial charge < -0.3 is 0 Å². The third kappa shape index (κ3) is 2.19. The van der Waals surface area contributed by atoms with Crippen LogP contribution in [-0.2, 0) is 12.2 Å². The first kappa shape index (κ1) is 8.53. The van der Waals surface area contributed by atoms with Crippen LogP contribution in [0.1, 0.15) is 24.1 Å². The molecule has 1 aromatic rings. The maximum absolute atomic E-state index is 4.28. The van der Waals surface area contributed by atoms with E-state index in [-0.39, 0.29) is 0 Å². The van der Waals surface area contributed by atoms with Crippen LogP contribution in [0.4, 0.5) is 0 Å². The highest BCUT2D eigenvalue weighted by Gasteiger charge is 1.97. The fourth-order valence-corrected chi connectivity index (χ4v) is 1.09. The predicted octanol–water partition coefficient (Wildman–Crippen LogP) is 1.78. The number of thiol groups is 1. The van der Waals surface area contributed by atoms with Crippen molar-refractivity contribution in [2.75, 3.05) is 0 Å². The minimum absolute atomic E-state index is 0.620. The molecular formula is C8H12N2S. The second-order valence-electron chi connectivity index (χ2n) is 2.43. The van der Waals surface area contributed by atoms with Gasteiger partial charge in [-0.05, 0) is 19.4 Å². The van der Waals surface area contributed by atoms with Crippen LogP contribution in [0.15, 0.2) is 6.07 Å². The van der Waals surface area contributed by atoms with Gasteiger partial charge in [-0.15, -0.1) is 0 Å². The van der Waals surface area contributed by atoms with Crippen LogP contribution >= 0.6 is 12.6 Å². The predicted molar refractivity (Wildman–Crippen MR) is 48.8 cm³/mol. The highest BCUT2D eigenvalue weighted by atomic mass is 32.1. The van der Waals surface area contributed by atoms with Gasteiger partial charge in [0.2, 0.25) is 0 Å². The fourth-order valence-electron chi connectivity index (χ4n) is 0.952. The monoisotopic (exact) mass is 168 g/mol. The first-order valence-corrected chi connectivity index (χ1v) is 4.33. The summed E-state index contributed by atoms with van der Waals surface area (Å²) < 4.78 is 0. The molecule has 60 valence electrons. The topological polar surface area (TPSA) is 25.8 Å². The van der Waals surface area contributed by atoms with Crippen LogP contribution in [0.25, 0.3) is 0 Å². The van der Waals surface area contributed by atoms with Crippen molar-refractivity contribution in [3.8, 4) is 0 Å². The van der Waals surface area contributed by atoms with E-state index in [0.29, 0.717) is 5.75 Å². The van der Waals surface area contributed by atoms with Crippen molar-refractivity contribution >= 4 is 12.6 Å². The second kappa shape index (κ2) is 3.72. The van der Waals surface area contributed by atoms with Crippen LogP contribution in [0.2, 0.25) is 0 Å². The van der Waals surface area contributed by atoms with Crippen LogP contribution in [0.5, 0.6) is 0 Å². The summed E-state index contributed by atoms with van der Waals surface area (Å²) in [5.41, 5.74) is 2.13. The molecule has 0 spiro atoms. The van der Waals surface area contributed by atoms with E-state index in [1.807, 2.05) is 13.0 Å². The number of hydrogen-bond donors (Lipinski definition) is 1. The van der Waals surface area contributed by atoms with E-state index < -0.39 is 0 Å². The molecule has 0 aliphatic carbocycles. The second-order valence-corrected chi connectivity index (χ2v) is 2.74. The van der Waals surface area contributed by atoms with Crippen LogP contribution in [-0.4, -0.2) is 9.97 Å². The standard InChI is InChI=1S/C8H12N2S/c1-3-7-4-6(2)9-8(5-11)10-7/h4,11H,3,5H2,1-2H3. The van der Waals surface area contributed by atoms with Gasteiger partial charge in [0.05, 0.1) is 5.75 Å². The molecule has 0 amide bonds. The Balaban J connectivity index is 3.02. The Morgan fingerprint density at radius 1 is 1.45 bits per heavy atom. The number of hydrogen-bond acceptors (Lipinski definition) is 3. The molecule has 0 aromatic carbocycles. The molecule has 0 fully saturated rings. The SMILES string of the molecule is CCc1cc(C)nc(CS)n1. The fraction of sp³-hybridized carbons (Fsp3) is 0.500. The third-order valence-electron chi connectivity index (χ3n) is 1.46. The summed E-state index contributed by atoms with van der Waals surface area (Å²) >= 11 is 4.12. The molecule has 1 aromatic heterocycles. The smallest absolute Gasteiger partial charge is 0.138 e. The van der Waals surface area contributed by atoms with Crippen LogP contribution < -0.4 is 0 Å². The molecular weight excluding hydrogens is 156 g/mol. The molecule has 0 aliphatic heterocycles. The summed E-state index contributed by atoms with van der Waals surface area (Å²) in [5.74, 6) is 1.44. The van der Waals surface area contributed by atoms with E-state index in [1.54, 1.807) is 0 Å². The highest BCUT2D eigenvalue weighted by molar-refractivity contribution is 7.79. The zero-order chi connectivity index (χ0) is 8.27. The van der Waals surface area contributed by atoms with Gasteiger partial charge >= 0.3 is 0 Å². The molecule has 0 unspecified atom stereocenters. The molecule has 0 radical (unpaired) electrons. The number of aromatic nitrogens is 2. The maximum Gasteiger partial charge on any atom is 0.138 e. The van der Waals surface area contributed by atoms with Crippen molar-refractivity contribution in [3.05, 3.63) is 23.3 Å². The summed E-state index contributed by atoms with van der Waals surface area (Å²) in [6, 6.07) is 2.01. The van der Waals surface area contributed by atoms with Gasteiger partial charge in [-0.2, -0.15) is 12.6 Å². The molecule has 0 atom stereocenters. The average Bonchev–Trinajstić information content (AvgIpc) is 2.03. The first-order chi connectivity index (χ1) is 5.26. The van der Waals surface area contributed by atoms with Gasteiger partial charge in [0.25, 0.3) is 0 Å². The molecule has 0 saturated heterocycles. The lowest BCUT2D eigenvalue weighted by atomic mass is 10.3. The van der Waals surface area contributed by atoms with Crippen molar-refractivity contribution in [1.82, 2.24) is 9.97 Å². The van der Waals surface area contributed by atoms with E-state index in [4.69, 9.17) is 0 Å². The van der Waals surface area contributed by atoms with Gasteiger partial charge in [0.15, 0.2) is 0 Å². The Morgan fingerprint density at radius 3 is 2.73 bits per heavy atom. The molecule has 2 nitrogen and oxygen atoms in total. The molecule has 0 N–H and O–H groups in total. The minimum Gasteiger partial charge on any atom is -0.237 e. The van der Waals surface area contributed by atoms with Gasteiger partial charge in [0, 0.05) is 11.4 Å². The molecule has 0 bridgehead atoms. The Kier molecular flexibility index (Phi) is 2.88. The lowest BCUT2D eigenvalue weighted by Gasteiger charge is -2.00. The zero-order valence-electron chi connectivity index (χ0n) is 6.83. The van der Waals surface area contributed by atoms with Crippen LogP contribution in [0, 0.1) is 6.92 Å². The van der Waals surface area contributed by atoms with Gasteiger partial charge in [-0.3, -0.25) is 0 Å². The van der Waals surface area contributed by atoms with E-state index >= 15 is 0 Å². The first-order valence-electron chi connectivity index (χ1n) is 3.70. The summed E-state index contributed by atoms with van der Waals surface area (Å²) in [6.07, 6.45) is 0.962. The number of rotatable bonds is 2. The average molecular weight is 168 g/mol. The Hall–Kier alpha value is -0.570. The Bertz CT molecular complexity index is 226. The van der Waals surface area contributed by atoms with Crippen molar-refractivity contribution in [2.45, 2.75) is 26.0 Å². The molecule has 1 heterocycles. The van der Waals surface area contributed by atoms with Gasteiger partial charge in [-0.25, -0.2) is 9.97 Å². The third-order valence-corrected chi connectivity index (χ3v) is 1.74. The van der Waals surface area contributed by atoms with Crippen molar-refractivity contribution < 1.29 is 0 Å². The van der Waals surface area contributed by atoms with E-state index in [1.165, 1.54) is 0 Å². The quantitative estimate of drug-likeness (QED) is 0.681. The summed E-state index contributed by atoms with van der Waals surface area (Å²) in [5, 5.41) is 0. The number of aryl methyl sites for hydroxylation is 2. The lowest BCUT2D eigenvalue weighted by molar-refractivity contribution is 0.919. The van der Waals surface area contributed by atoms with Crippen molar-refractivity contribution in [2.24, 2.45) is 0 Å². The summed E-state index contributed by atoms with van der Waals surface area (Å²) in [6.45, 7) is 4.07. The van der Waals surface area contributed by atoms with Crippen LogP contribution in [0.3, 0.4) is 0 Å². The normalized spacial score (nSPS) is 10.1. The molecule has 0 aliphatic rings. The Morgan fingerprint density at radius 2 is 2.18 bits per heavy atom. The molecule has 11 heavy (non-hydrogen) atoms. The van der Waals surface area contributed by atoms with E-state index in [9.17, 15) is 0 Å². The molecule has 0 saturated carbocycles. The highest BCUT2D eigenvalue weighted by Crippen LogP contribution is 2.02. The molecule has 3 heteroatoms. The maximum atomic E-state index is 4.28. The Labute approximate surface area is 72.5 Å². The largest absolute Gasteiger partial charge is 0.237 e. The van der Waals surface area contributed by atoms with Crippen molar-refractivity contribution in [3.63, 3.8) is 0 Å². The summed E-state index contributed by atoms with van der Waals surface area (Å²) in [7, 11) is 0. The van der Waals surface area contributed by atoms with E-state index in [2.05, 4.69) is 29.5 Å². The molecule has 1 rings (SSSR count).